The predicted octanol–water partition coefficient (Wildman–Crippen LogP) is 12.2. The number of hydrogen-bond donors (Lipinski definition) is 2. The maximum atomic E-state index is 11.5. The molecule has 386 valence electrons. The first-order valence-corrected chi connectivity index (χ1v) is 27.1. The first-order chi connectivity index (χ1) is 36.1. The maximum Gasteiger partial charge on any atom is 1.00 e. The van der Waals surface area contributed by atoms with Crippen LogP contribution in [0.15, 0.2) is 144 Å². The molecule has 0 aliphatic heterocycles. The number of ether oxygens (including phenoxy) is 6. The fourth-order valence-electron chi connectivity index (χ4n) is 8.33. The molecule has 0 unspecified atom stereocenters. The van der Waals surface area contributed by atoms with E-state index in [1.807, 2.05) is 102 Å². The van der Waals surface area contributed by atoms with Crippen LogP contribution in [0.1, 0.15) is 91.6 Å². The maximum absolute atomic E-state index is 11.5. The summed E-state index contributed by atoms with van der Waals surface area (Å²) in [5.74, 6) is 4.62. The molecule has 10 nitrogen and oxygen atoms in total. The van der Waals surface area contributed by atoms with Crippen LogP contribution in [0.5, 0.6) is 57.5 Å². The number of phenols is 2. The predicted molar refractivity (Wildman–Crippen MR) is 296 cm³/mol. The summed E-state index contributed by atoms with van der Waals surface area (Å²) in [5.41, 5.74) is 6.87. The molecule has 0 amide bonds. The summed E-state index contributed by atoms with van der Waals surface area (Å²) in [5, 5.41) is 36.6. The molecule has 6 aromatic carbocycles. The monoisotopic (exact) mass is 1060 g/mol. The van der Waals surface area contributed by atoms with E-state index in [-0.39, 0.29) is 52.4 Å². The quantitative estimate of drug-likeness (QED) is 0.0421. The number of carbonyl (C=O) groups is 1. The normalized spacial score (nSPS) is 10.7. The molecule has 0 aliphatic rings. The fraction of sp³-hybridized carbons (Fsp3) is 0.274. The van der Waals surface area contributed by atoms with Gasteiger partial charge in [-0.2, -0.15) is 0 Å². The van der Waals surface area contributed by atoms with E-state index in [2.05, 4.69) is 40.7 Å². The second-order valence-electron chi connectivity index (χ2n) is 17.4. The van der Waals surface area contributed by atoms with Gasteiger partial charge in [-0.15, -0.1) is 22.7 Å². The largest absolute Gasteiger partial charge is 1.00 e. The molecular weight excluding hydrogens is 992 g/mol. The Kier molecular flexibility index (Phi) is 22.9. The van der Waals surface area contributed by atoms with Gasteiger partial charge in [0.25, 0.3) is 0 Å². The van der Waals surface area contributed by atoms with Crippen LogP contribution in [-0.2, 0) is 25.7 Å². The molecule has 2 aromatic heterocycles. The first-order valence-electron chi connectivity index (χ1n) is 25.4. The van der Waals surface area contributed by atoms with Crippen molar-refractivity contribution in [3.63, 3.8) is 0 Å². The summed E-state index contributed by atoms with van der Waals surface area (Å²) in [6.45, 7) is 12.3. The number of thiophene rings is 2. The third-order valence-electron chi connectivity index (χ3n) is 12.1. The van der Waals surface area contributed by atoms with Crippen molar-refractivity contribution in [2.45, 2.75) is 86.0 Å². The van der Waals surface area contributed by atoms with Gasteiger partial charge < -0.3 is 48.5 Å². The van der Waals surface area contributed by atoms with Gasteiger partial charge in [0, 0.05) is 62.5 Å². The molecular formula is C62H65NaO10S2. The zero-order valence-corrected chi connectivity index (χ0v) is 47.5. The van der Waals surface area contributed by atoms with E-state index in [0.717, 1.165) is 110 Å². The zero-order chi connectivity index (χ0) is 52.2. The molecule has 0 bridgehead atoms. The number of rotatable bonds is 25. The van der Waals surface area contributed by atoms with Crippen LogP contribution in [-0.4, -0.2) is 42.6 Å². The summed E-state index contributed by atoms with van der Waals surface area (Å²) in [6, 6.07) is 41.4. The van der Waals surface area contributed by atoms with Gasteiger partial charge >= 0.3 is 29.6 Å². The summed E-state index contributed by atoms with van der Waals surface area (Å²) >= 11 is 3.21. The van der Waals surface area contributed by atoms with Crippen LogP contribution in [0.4, 0.5) is 0 Å². The van der Waals surface area contributed by atoms with Crippen LogP contribution in [0.25, 0.3) is 20.9 Å². The molecule has 8 rings (SSSR count). The van der Waals surface area contributed by atoms with Crippen molar-refractivity contribution in [1.29, 1.82) is 0 Å². The van der Waals surface area contributed by atoms with Gasteiger partial charge in [-0.1, -0.05) is 95.1 Å². The Balaban J connectivity index is 0.000000241. The standard InChI is InChI=1S/C31H32O6S.C31H34O4S.Na/c1-3-10-22-26(13-7-14-27(22)37-28-12-6-5-11-23(28)31(33)34)35-16-9-17-36-29-20-25(32)24(19-21(29)4-2)30-15-8-18-38-30;1-4-11-24-28(14-8-15-29(24)35-27-13-7-6-12-22(27)3)33-17-10-18-34-30-21-26(32)25(20-23(30)5-2)31-16-9-19-36-31;/h5-8,11-15,18-20,32H,3-4,9-10,16-17H2,1-2H3,(H,33,34);6-9,12-16,19-21,32H,4-5,10-11,17-18H2,1-3H3;/q;;+1/p-1. The average molecular weight is 1060 g/mol. The van der Waals surface area contributed by atoms with Gasteiger partial charge in [0.05, 0.1) is 32.4 Å². The van der Waals surface area contributed by atoms with E-state index in [0.29, 0.717) is 56.5 Å². The average Bonchev–Trinajstić information content (AvgIpc) is 4.16. The van der Waals surface area contributed by atoms with Crippen molar-refractivity contribution < 1.29 is 78.1 Å². The number of carboxylic acids is 1. The second-order valence-corrected chi connectivity index (χ2v) is 19.3. The second kappa shape index (κ2) is 29.6. The zero-order valence-electron chi connectivity index (χ0n) is 43.8. The SMILES string of the molecule is CCCc1c(OCCCOc2cc(O)c(-c3cccs3)cc2CC)cccc1Oc1ccccc1C.CCCc1c(OCCCOc2cc(O)c(-c3cccs3)cc2CC)cccc1Oc1ccccc1C(=O)[O-].[Na+]. The third kappa shape index (κ3) is 15.8. The Labute approximate surface area is 471 Å². The number of hydrogen-bond acceptors (Lipinski definition) is 12. The summed E-state index contributed by atoms with van der Waals surface area (Å²) in [6.07, 6.45) is 6.45. The van der Waals surface area contributed by atoms with E-state index in [1.165, 1.54) is 6.07 Å². The van der Waals surface area contributed by atoms with Crippen molar-refractivity contribution >= 4 is 28.6 Å². The molecule has 13 heteroatoms. The number of aryl methyl sites for hydroxylation is 3. The van der Waals surface area contributed by atoms with Crippen molar-refractivity contribution in [3.8, 4) is 78.4 Å². The Morgan fingerprint density at radius 3 is 1.33 bits per heavy atom. The molecule has 0 radical (unpaired) electrons. The minimum absolute atomic E-state index is 0. The van der Waals surface area contributed by atoms with Gasteiger partial charge in [0.2, 0.25) is 0 Å². The molecule has 2 heterocycles. The molecule has 8 aromatic rings. The first kappa shape index (κ1) is 57.9. The number of benzene rings is 6. The molecule has 0 atom stereocenters. The van der Waals surface area contributed by atoms with Crippen LogP contribution in [0.2, 0.25) is 0 Å². The van der Waals surface area contributed by atoms with Crippen molar-refractivity contribution in [1.82, 2.24) is 0 Å². The fourth-order valence-corrected chi connectivity index (χ4v) is 9.83. The van der Waals surface area contributed by atoms with Gasteiger partial charge in [-0.3, -0.25) is 0 Å². The number of aromatic carboxylic acids is 1. The minimum atomic E-state index is -1.29. The van der Waals surface area contributed by atoms with E-state index in [4.69, 9.17) is 28.4 Å². The Bertz CT molecular complexity index is 3040. The van der Waals surface area contributed by atoms with Crippen LogP contribution >= 0.6 is 22.7 Å². The van der Waals surface area contributed by atoms with Crippen LogP contribution in [0, 0.1) is 6.92 Å². The topological polar surface area (TPSA) is 136 Å². The molecule has 2 N–H and O–H groups in total. The van der Waals surface area contributed by atoms with E-state index >= 15 is 0 Å². The van der Waals surface area contributed by atoms with E-state index in [1.54, 1.807) is 53.0 Å². The molecule has 0 saturated heterocycles. The van der Waals surface area contributed by atoms with Gasteiger partial charge in [-0.25, -0.2) is 0 Å². The molecule has 0 spiro atoms. The summed E-state index contributed by atoms with van der Waals surface area (Å²) < 4.78 is 36.6. The number of carbonyl (C=O) groups excluding carboxylic acids is 1. The molecule has 0 saturated carbocycles. The van der Waals surface area contributed by atoms with Gasteiger partial charge in [0.1, 0.15) is 57.5 Å². The summed E-state index contributed by atoms with van der Waals surface area (Å²) in [4.78, 5) is 13.6. The number of aromatic hydroxyl groups is 2. The third-order valence-corrected chi connectivity index (χ3v) is 13.9. The summed E-state index contributed by atoms with van der Waals surface area (Å²) in [7, 11) is 0. The smallest absolute Gasteiger partial charge is 0.545 e. The van der Waals surface area contributed by atoms with Crippen molar-refractivity contribution in [2.75, 3.05) is 26.4 Å². The number of para-hydroxylation sites is 2. The number of carboxylic acid groups (broad SMARTS) is 1. The molecule has 75 heavy (non-hydrogen) atoms. The minimum Gasteiger partial charge on any atom is -0.545 e. The van der Waals surface area contributed by atoms with Crippen molar-refractivity contribution in [3.05, 3.63) is 178 Å². The Morgan fingerprint density at radius 2 is 0.907 bits per heavy atom. The van der Waals surface area contributed by atoms with E-state index in [9.17, 15) is 20.1 Å². The number of phenolic OH excluding ortho intramolecular Hbond substituents is 2. The van der Waals surface area contributed by atoms with E-state index < -0.39 is 5.97 Å². The van der Waals surface area contributed by atoms with Crippen molar-refractivity contribution in [2.24, 2.45) is 0 Å². The molecule has 0 aliphatic carbocycles. The Morgan fingerprint density at radius 1 is 0.493 bits per heavy atom. The van der Waals surface area contributed by atoms with Crippen LogP contribution in [0.3, 0.4) is 0 Å². The van der Waals surface area contributed by atoms with Gasteiger partial charge in [0.15, 0.2) is 0 Å². The molecule has 0 fully saturated rings. The van der Waals surface area contributed by atoms with Crippen LogP contribution < -0.4 is 63.1 Å². The Hall–Kier alpha value is -6.41. The van der Waals surface area contributed by atoms with Gasteiger partial charge in [-0.05, 0) is 127 Å².